The molecule has 0 saturated heterocycles. The van der Waals surface area contributed by atoms with Gasteiger partial charge in [-0.05, 0) is 55.7 Å². The summed E-state index contributed by atoms with van der Waals surface area (Å²) in [5.74, 6) is 2.97. The first-order valence-electron chi connectivity index (χ1n) is 7.87. The standard InChI is InChI=1S/C17H21N3O/c1-11-2-3-12(10-11)15-19-16(21-20-15)17(8-9-17)13-4-6-14(18)7-5-13/h4-7,11-12H,2-3,8-10,18H2,1H3. The van der Waals surface area contributed by atoms with E-state index >= 15 is 0 Å². The zero-order valence-electron chi connectivity index (χ0n) is 12.4. The third kappa shape index (κ3) is 2.13. The van der Waals surface area contributed by atoms with Crippen LogP contribution in [0.3, 0.4) is 0 Å². The van der Waals surface area contributed by atoms with Crippen molar-refractivity contribution in [3.8, 4) is 0 Å². The van der Waals surface area contributed by atoms with Crippen LogP contribution in [0.4, 0.5) is 5.69 Å². The topological polar surface area (TPSA) is 64.9 Å². The van der Waals surface area contributed by atoms with Crippen LogP contribution >= 0.6 is 0 Å². The van der Waals surface area contributed by atoms with Crippen LogP contribution < -0.4 is 5.73 Å². The molecule has 4 heteroatoms. The summed E-state index contributed by atoms with van der Waals surface area (Å²) in [6.45, 7) is 2.30. The van der Waals surface area contributed by atoms with Crippen molar-refractivity contribution in [1.82, 2.24) is 10.1 Å². The predicted molar refractivity (Wildman–Crippen MR) is 80.9 cm³/mol. The molecule has 2 aromatic rings. The van der Waals surface area contributed by atoms with Crippen molar-refractivity contribution >= 4 is 5.69 Å². The normalized spacial score (nSPS) is 26.9. The molecule has 2 unspecified atom stereocenters. The van der Waals surface area contributed by atoms with Gasteiger partial charge in [-0.3, -0.25) is 0 Å². The molecule has 0 amide bonds. The van der Waals surface area contributed by atoms with E-state index in [9.17, 15) is 0 Å². The lowest BCUT2D eigenvalue weighted by atomic mass is 9.95. The van der Waals surface area contributed by atoms with Crippen LogP contribution in [-0.2, 0) is 5.41 Å². The summed E-state index contributed by atoms with van der Waals surface area (Å²) < 4.78 is 5.63. The van der Waals surface area contributed by atoms with Crippen molar-refractivity contribution in [3.63, 3.8) is 0 Å². The Morgan fingerprint density at radius 1 is 1.19 bits per heavy atom. The van der Waals surface area contributed by atoms with Crippen LogP contribution in [-0.4, -0.2) is 10.1 Å². The molecule has 4 rings (SSSR count). The number of rotatable bonds is 3. The molecule has 1 aromatic carbocycles. The molecule has 110 valence electrons. The molecule has 4 nitrogen and oxygen atoms in total. The number of anilines is 1. The van der Waals surface area contributed by atoms with E-state index in [-0.39, 0.29) is 5.41 Å². The second-order valence-electron chi connectivity index (χ2n) is 6.78. The fourth-order valence-corrected chi connectivity index (χ4v) is 3.59. The quantitative estimate of drug-likeness (QED) is 0.873. The minimum absolute atomic E-state index is 0.0524. The van der Waals surface area contributed by atoms with Crippen LogP contribution in [0.2, 0.25) is 0 Å². The van der Waals surface area contributed by atoms with Gasteiger partial charge in [0.05, 0.1) is 5.41 Å². The van der Waals surface area contributed by atoms with E-state index in [1.54, 1.807) is 0 Å². The first kappa shape index (κ1) is 12.9. The van der Waals surface area contributed by atoms with Gasteiger partial charge in [-0.2, -0.15) is 4.98 Å². The van der Waals surface area contributed by atoms with Crippen molar-refractivity contribution in [2.75, 3.05) is 5.73 Å². The predicted octanol–water partition coefficient (Wildman–Crippen LogP) is 3.64. The maximum atomic E-state index is 5.78. The summed E-state index contributed by atoms with van der Waals surface area (Å²) in [6.07, 6.45) is 5.82. The molecular weight excluding hydrogens is 262 g/mol. The summed E-state index contributed by atoms with van der Waals surface area (Å²) in [5, 5.41) is 4.27. The Hall–Kier alpha value is -1.84. The Balaban J connectivity index is 1.62. The monoisotopic (exact) mass is 283 g/mol. The highest BCUT2D eigenvalue weighted by atomic mass is 16.5. The Morgan fingerprint density at radius 2 is 1.95 bits per heavy atom. The van der Waals surface area contributed by atoms with E-state index in [0.717, 1.165) is 36.2 Å². The molecule has 2 aliphatic rings. The molecule has 1 aromatic heterocycles. The number of hydrogen-bond acceptors (Lipinski definition) is 4. The minimum Gasteiger partial charge on any atom is -0.399 e. The van der Waals surface area contributed by atoms with Crippen molar-refractivity contribution in [1.29, 1.82) is 0 Å². The van der Waals surface area contributed by atoms with Gasteiger partial charge >= 0.3 is 0 Å². The van der Waals surface area contributed by atoms with E-state index in [4.69, 9.17) is 15.2 Å². The Bertz CT molecular complexity index is 642. The minimum atomic E-state index is -0.0524. The third-order valence-corrected chi connectivity index (χ3v) is 5.12. The molecule has 0 aliphatic heterocycles. The van der Waals surface area contributed by atoms with Crippen molar-refractivity contribution in [2.45, 2.75) is 50.4 Å². The summed E-state index contributed by atoms with van der Waals surface area (Å²) in [5.41, 5.74) is 7.76. The second kappa shape index (κ2) is 4.58. The lowest BCUT2D eigenvalue weighted by Crippen LogP contribution is -2.09. The highest BCUT2D eigenvalue weighted by Crippen LogP contribution is 2.53. The van der Waals surface area contributed by atoms with Crippen LogP contribution in [0, 0.1) is 5.92 Å². The maximum Gasteiger partial charge on any atom is 0.237 e. The van der Waals surface area contributed by atoms with E-state index < -0.39 is 0 Å². The van der Waals surface area contributed by atoms with Crippen molar-refractivity contribution in [2.24, 2.45) is 5.92 Å². The van der Waals surface area contributed by atoms with E-state index in [1.165, 1.54) is 24.8 Å². The van der Waals surface area contributed by atoms with Crippen LogP contribution in [0.5, 0.6) is 0 Å². The molecule has 21 heavy (non-hydrogen) atoms. The highest BCUT2D eigenvalue weighted by Gasteiger charge is 2.51. The van der Waals surface area contributed by atoms with Gasteiger partial charge in [0.2, 0.25) is 5.89 Å². The number of benzene rings is 1. The molecular formula is C17H21N3O. The molecule has 2 atom stereocenters. The number of nitrogens with zero attached hydrogens (tertiary/aromatic N) is 2. The number of hydrogen-bond donors (Lipinski definition) is 1. The lowest BCUT2D eigenvalue weighted by Gasteiger charge is -2.10. The highest BCUT2D eigenvalue weighted by molar-refractivity contribution is 5.46. The molecule has 2 saturated carbocycles. The van der Waals surface area contributed by atoms with Gasteiger partial charge in [0.15, 0.2) is 5.82 Å². The summed E-state index contributed by atoms with van der Waals surface area (Å²) in [7, 11) is 0. The molecule has 0 radical (unpaired) electrons. The zero-order chi connectivity index (χ0) is 14.4. The number of aromatic nitrogens is 2. The molecule has 1 heterocycles. The van der Waals surface area contributed by atoms with Gasteiger partial charge < -0.3 is 10.3 Å². The lowest BCUT2D eigenvalue weighted by molar-refractivity contribution is 0.352. The first-order chi connectivity index (χ1) is 10.2. The largest absolute Gasteiger partial charge is 0.399 e. The molecule has 0 bridgehead atoms. The average molecular weight is 283 g/mol. The smallest absolute Gasteiger partial charge is 0.237 e. The van der Waals surface area contributed by atoms with E-state index in [1.807, 2.05) is 12.1 Å². The van der Waals surface area contributed by atoms with Gasteiger partial charge in [-0.25, -0.2) is 0 Å². The number of nitrogen functional groups attached to an aromatic ring is 1. The maximum absolute atomic E-state index is 5.78. The fourth-order valence-electron chi connectivity index (χ4n) is 3.59. The number of nitrogens with two attached hydrogens (primary N) is 1. The Labute approximate surface area is 124 Å². The van der Waals surface area contributed by atoms with Gasteiger partial charge in [0.1, 0.15) is 0 Å². The Morgan fingerprint density at radius 3 is 2.57 bits per heavy atom. The summed E-state index contributed by atoms with van der Waals surface area (Å²) in [6, 6.07) is 8.07. The van der Waals surface area contributed by atoms with Gasteiger partial charge in [0, 0.05) is 11.6 Å². The van der Waals surface area contributed by atoms with Crippen LogP contribution in [0.1, 0.15) is 62.2 Å². The van der Waals surface area contributed by atoms with E-state index in [0.29, 0.717) is 5.92 Å². The zero-order valence-corrected chi connectivity index (χ0v) is 12.4. The first-order valence-corrected chi connectivity index (χ1v) is 7.87. The summed E-state index contributed by atoms with van der Waals surface area (Å²) in [4.78, 5) is 4.75. The molecule has 2 fully saturated rings. The van der Waals surface area contributed by atoms with Gasteiger partial charge in [-0.15, -0.1) is 0 Å². The molecule has 2 N–H and O–H groups in total. The van der Waals surface area contributed by atoms with Crippen molar-refractivity contribution in [3.05, 3.63) is 41.5 Å². The van der Waals surface area contributed by atoms with E-state index in [2.05, 4.69) is 24.2 Å². The summed E-state index contributed by atoms with van der Waals surface area (Å²) >= 11 is 0. The average Bonchev–Trinajstić information content (AvgIpc) is 2.94. The SMILES string of the molecule is CC1CCC(c2noc(C3(c4ccc(N)cc4)CC3)n2)C1. The molecule has 2 aliphatic carbocycles. The van der Waals surface area contributed by atoms with Gasteiger partial charge in [-0.1, -0.05) is 24.2 Å². The van der Waals surface area contributed by atoms with Gasteiger partial charge in [0.25, 0.3) is 0 Å². The third-order valence-electron chi connectivity index (χ3n) is 5.12. The second-order valence-corrected chi connectivity index (χ2v) is 6.78. The fraction of sp³-hybridized carbons (Fsp3) is 0.529. The molecule has 0 spiro atoms. The van der Waals surface area contributed by atoms with Crippen molar-refractivity contribution < 1.29 is 4.52 Å². The van der Waals surface area contributed by atoms with Crippen LogP contribution in [0.15, 0.2) is 28.8 Å². The Kier molecular flexibility index (Phi) is 2.81. The van der Waals surface area contributed by atoms with Crippen LogP contribution in [0.25, 0.3) is 0 Å².